The molecule has 0 bridgehead atoms. The van der Waals surface area contributed by atoms with E-state index in [0.29, 0.717) is 35.2 Å². The third kappa shape index (κ3) is 7.02. The first-order chi connectivity index (χ1) is 16.6. The zero-order valence-corrected chi connectivity index (χ0v) is 21.4. The summed E-state index contributed by atoms with van der Waals surface area (Å²) >= 11 is 7.14. The lowest BCUT2D eigenvalue weighted by Crippen LogP contribution is -2.13. The normalized spacial score (nSPS) is 11.6. The Morgan fingerprint density at radius 1 is 1.26 bits per heavy atom. The number of sulfone groups is 1. The van der Waals surface area contributed by atoms with Gasteiger partial charge in [-0.25, -0.2) is 8.42 Å². The molecule has 3 rings (SSSR count). The largest absolute Gasteiger partial charge is 0.490 e. The van der Waals surface area contributed by atoms with Crippen LogP contribution < -0.4 is 14.8 Å². The molecule has 1 heterocycles. The van der Waals surface area contributed by atoms with Crippen LogP contribution >= 0.6 is 23.1 Å². The topological polar surface area (TPSA) is 131 Å². The van der Waals surface area contributed by atoms with E-state index in [1.807, 2.05) is 37.3 Å². The molecule has 3 aromatic rings. The zero-order valence-electron chi connectivity index (χ0n) is 19.0. The number of benzene rings is 2. The summed E-state index contributed by atoms with van der Waals surface area (Å²) in [6.07, 6.45) is 2.28. The van der Waals surface area contributed by atoms with Crippen LogP contribution in [0.1, 0.15) is 23.6 Å². The van der Waals surface area contributed by atoms with Gasteiger partial charge in [0.15, 0.2) is 11.5 Å². The highest BCUT2D eigenvalue weighted by atomic mass is 35.5. The Morgan fingerprint density at radius 2 is 1.97 bits per heavy atom. The van der Waals surface area contributed by atoms with Crippen LogP contribution in [-0.4, -0.2) is 36.5 Å². The maximum absolute atomic E-state index is 12.6. The summed E-state index contributed by atoms with van der Waals surface area (Å²) in [6.45, 7) is 4.42. The molecular formula is C23H21ClN4O5S2. The van der Waals surface area contributed by atoms with Gasteiger partial charge in [-0.1, -0.05) is 41.4 Å². The molecule has 35 heavy (non-hydrogen) atoms. The smallest absolute Gasteiger partial charge is 0.268 e. The van der Waals surface area contributed by atoms with Gasteiger partial charge in [-0.3, -0.25) is 10.1 Å². The van der Waals surface area contributed by atoms with Crippen molar-refractivity contribution in [1.29, 1.82) is 5.26 Å². The molecule has 2 aromatic carbocycles. The van der Waals surface area contributed by atoms with Crippen LogP contribution in [0.15, 0.2) is 47.1 Å². The summed E-state index contributed by atoms with van der Waals surface area (Å²) in [6, 6.07) is 12.8. The van der Waals surface area contributed by atoms with E-state index in [2.05, 4.69) is 14.7 Å². The summed E-state index contributed by atoms with van der Waals surface area (Å²) in [7, 11) is -3.62. The second-order valence-corrected chi connectivity index (χ2v) is 10.4. The fourth-order valence-corrected chi connectivity index (χ4v) is 4.52. The Morgan fingerprint density at radius 3 is 2.57 bits per heavy atom. The molecule has 0 atom stereocenters. The van der Waals surface area contributed by atoms with Crippen molar-refractivity contribution in [2.24, 2.45) is 0 Å². The van der Waals surface area contributed by atoms with Crippen LogP contribution in [0.25, 0.3) is 6.08 Å². The minimum absolute atomic E-state index is 0.0514. The number of aromatic nitrogens is 2. The number of anilines is 1. The second-order valence-electron chi connectivity index (χ2n) is 7.32. The standard InChI is InChI=1S/C23H21ClN4O5S2/c1-4-32-19-11-16(10-18(24)20(19)33-13-15-7-5-14(2)6-8-15)9-17(12-25)21(29)26-22-27-23(28-34-22)35(3,30)31/h5-11H,4,13H2,1-3H3,(H,26,27,28,29). The summed E-state index contributed by atoms with van der Waals surface area (Å²) < 4.78 is 38.3. The van der Waals surface area contributed by atoms with Crippen LogP contribution in [0.2, 0.25) is 5.02 Å². The van der Waals surface area contributed by atoms with Gasteiger partial charge in [0.1, 0.15) is 18.2 Å². The summed E-state index contributed by atoms with van der Waals surface area (Å²) in [5.41, 5.74) is 2.27. The van der Waals surface area contributed by atoms with Crippen LogP contribution in [-0.2, 0) is 21.2 Å². The van der Waals surface area contributed by atoms with Gasteiger partial charge < -0.3 is 9.47 Å². The lowest BCUT2D eigenvalue weighted by atomic mass is 10.1. The van der Waals surface area contributed by atoms with Crippen molar-refractivity contribution in [2.45, 2.75) is 25.6 Å². The number of rotatable bonds is 9. The van der Waals surface area contributed by atoms with E-state index in [4.69, 9.17) is 21.1 Å². The van der Waals surface area contributed by atoms with Gasteiger partial charge in [0.25, 0.3) is 11.1 Å². The monoisotopic (exact) mass is 532 g/mol. The molecule has 182 valence electrons. The number of aryl methyl sites for hydroxylation is 1. The fourth-order valence-electron chi connectivity index (χ4n) is 2.81. The Balaban J connectivity index is 1.83. The molecule has 0 unspecified atom stereocenters. The minimum Gasteiger partial charge on any atom is -0.490 e. The second kappa shape index (κ2) is 11.3. The summed E-state index contributed by atoms with van der Waals surface area (Å²) in [4.78, 5) is 16.3. The number of hydrogen-bond acceptors (Lipinski definition) is 9. The Labute approximate surface area is 212 Å². The van der Waals surface area contributed by atoms with Crippen molar-refractivity contribution in [3.63, 3.8) is 0 Å². The summed E-state index contributed by atoms with van der Waals surface area (Å²) in [5.74, 6) is -0.0770. The van der Waals surface area contributed by atoms with Crippen molar-refractivity contribution < 1.29 is 22.7 Å². The average molecular weight is 533 g/mol. The first-order valence-electron chi connectivity index (χ1n) is 10.2. The number of nitriles is 1. The lowest BCUT2D eigenvalue weighted by Gasteiger charge is -2.15. The van der Waals surface area contributed by atoms with Crippen molar-refractivity contribution in [1.82, 2.24) is 9.36 Å². The Kier molecular flexibility index (Phi) is 8.45. The number of nitrogens with zero attached hydrogens (tertiary/aromatic N) is 3. The molecule has 0 saturated carbocycles. The molecule has 0 saturated heterocycles. The van der Waals surface area contributed by atoms with Crippen molar-refractivity contribution in [3.8, 4) is 17.6 Å². The van der Waals surface area contributed by atoms with Crippen molar-refractivity contribution >= 4 is 50.1 Å². The van der Waals surface area contributed by atoms with E-state index >= 15 is 0 Å². The maximum atomic E-state index is 12.6. The molecule has 0 radical (unpaired) electrons. The number of carbonyl (C=O) groups excluding carboxylic acids is 1. The molecule has 0 aliphatic heterocycles. The Bertz CT molecular complexity index is 1410. The van der Waals surface area contributed by atoms with Crippen molar-refractivity contribution in [3.05, 3.63) is 63.7 Å². The lowest BCUT2D eigenvalue weighted by molar-refractivity contribution is -0.112. The van der Waals surface area contributed by atoms with E-state index in [1.54, 1.807) is 19.1 Å². The third-order valence-electron chi connectivity index (χ3n) is 4.47. The highest BCUT2D eigenvalue weighted by molar-refractivity contribution is 7.90. The fraction of sp³-hybridized carbons (Fsp3) is 0.217. The number of nitrogens with one attached hydrogen (secondary N) is 1. The SMILES string of the molecule is CCOc1cc(C=C(C#N)C(=O)Nc2nc(S(C)(=O)=O)ns2)cc(Cl)c1OCc1ccc(C)cc1. The number of halogens is 1. The van der Waals surface area contributed by atoms with Gasteiger partial charge in [0.05, 0.1) is 11.6 Å². The highest BCUT2D eigenvalue weighted by Crippen LogP contribution is 2.38. The molecule has 9 nitrogen and oxygen atoms in total. The maximum Gasteiger partial charge on any atom is 0.268 e. The van der Waals surface area contributed by atoms with Gasteiger partial charge in [0.2, 0.25) is 15.0 Å². The minimum atomic E-state index is -3.62. The van der Waals surface area contributed by atoms with Crippen LogP contribution in [0, 0.1) is 18.3 Å². The number of ether oxygens (including phenoxy) is 2. The molecule has 0 aliphatic carbocycles. The molecule has 12 heteroatoms. The first kappa shape index (κ1) is 26.2. The number of carbonyl (C=O) groups is 1. The number of amides is 1. The first-order valence-corrected chi connectivity index (χ1v) is 13.3. The van der Waals surface area contributed by atoms with Crippen LogP contribution in [0.3, 0.4) is 0 Å². The van der Waals surface area contributed by atoms with Gasteiger partial charge in [-0.15, -0.1) is 0 Å². The molecule has 1 N–H and O–H groups in total. The molecule has 0 fully saturated rings. The van der Waals surface area contributed by atoms with Crippen molar-refractivity contribution in [2.75, 3.05) is 18.2 Å². The Hall–Kier alpha value is -3.46. The summed E-state index contributed by atoms with van der Waals surface area (Å²) in [5, 5.41) is 11.7. The molecular weight excluding hydrogens is 512 g/mol. The van der Waals surface area contributed by atoms with E-state index in [0.717, 1.165) is 17.4 Å². The van der Waals surface area contributed by atoms with E-state index in [-0.39, 0.29) is 22.3 Å². The van der Waals surface area contributed by atoms with E-state index < -0.39 is 20.9 Å². The highest BCUT2D eigenvalue weighted by Gasteiger charge is 2.18. The molecule has 0 spiro atoms. The molecule has 0 aliphatic rings. The van der Waals surface area contributed by atoms with Crippen LogP contribution in [0.5, 0.6) is 11.5 Å². The number of hydrogen-bond donors (Lipinski definition) is 1. The van der Waals surface area contributed by atoms with Crippen LogP contribution in [0.4, 0.5) is 5.13 Å². The quantitative estimate of drug-likeness (QED) is 0.316. The van der Waals surface area contributed by atoms with Gasteiger partial charge >= 0.3 is 0 Å². The zero-order chi connectivity index (χ0) is 25.6. The predicted molar refractivity (Wildman–Crippen MR) is 133 cm³/mol. The molecule has 1 amide bonds. The van der Waals surface area contributed by atoms with Gasteiger partial charge in [0, 0.05) is 17.8 Å². The molecule has 1 aromatic heterocycles. The van der Waals surface area contributed by atoms with E-state index in [9.17, 15) is 18.5 Å². The third-order valence-corrected chi connectivity index (χ3v) is 6.34. The van der Waals surface area contributed by atoms with Gasteiger partial charge in [-0.2, -0.15) is 14.6 Å². The van der Waals surface area contributed by atoms with E-state index in [1.165, 1.54) is 6.08 Å². The van der Waals surface area contributed by atoms with Gasteiger partial charge in [-0.05, 0) is 43.2 Å². The predicted octanol–water partition coefficient (Wildman–Crippen LogP) is 4.43. The average Bonchev–Trinajstić information content (AvgIpc) is 3.27.